The van der Waals surface area contributed by atoms with Gasteiger partial charge in [-0.05, 0) is 49.9 Å². The van der Waals surface area contributed by atoms with Gasteiger partial charge in [0.05, 0.1) is 13.7 Å². The number of epoxide rings is 1. The van der Waals surface area contributed by atoms with E-state index in [1.807, 2.05) is 23.7 Å². The van der Waals surface area contributed by atoms with Gasteiger partial charge in [-0.3, -0.25) is 0 Å². The summed E-state index contributed by atoms with van der Waals surface area (Å²) < 4.78 is 25.5. The molecule has 1 aliphatic rings. The fourth-order valence-corrected chi connectivity index (χ4v) is 4.11. The van der Waals surface area contributed by atoms with Crippen molar-refractivity contribution in [1.29, 1.82) is 0 Å². The van der Waals surface area contributed by atoms with Gasteiger partial charge in [0.1, 0.15) is 22.0 Å². The summed E-state index contributed by atoms with van der Waals surface area (Å²) in [7, 11) is 1.67. The molecule has 0 amide bonds. The first kappa shape index (κ1) is 19.1. The van der Waals surface area contributed by atoms with Crippen molar-refractivity contribution in [2.24, 2.45) is 0 Å². The van der Waals surface area contributed by atoms with E-state index in [0.29, 0.717) is 19.4 Å². The van der Waals surface area contributed by atoms with Crippen molar-refractivity contribution in [3.05, 3.63) is 70.7 Å². The summed E-state index contributed by atoms with van der Waals surface area (Å²) in [5.74, 6) is 0.796. The van der Waals surface area contributed by atoms with E-state index in [9.17, 15) is 4.39 Å². The van der Waals surface area contributed by atoms with Crippen LogP contribution in [0.15, 0.2) is 54.0 Å². The van der Waals surface area contributed by atoms with Crippen LogP contribution in [0.4, 0.5) is 4.39 Å². The minimum Gasteiger partial charge on any atom is -0.496 e. The third-order valence-corrected chi connectivity index (χ3v) is 5.99. The highest BCUT2D eigenvalue weighted by Gasteiger charge is 2.50. The number of hydrogen-bond donors (Lipinski definition) is 0. The number of halogens is 1. The molecule has 1 saturated heterocycles. The Morgan fingerprint density at radius 3 is 2.54 bits per heavy atom. The average molecular weight is 398 g/mol. The summed E-state index contributed by atoms with van der Waals surface area (Å²) in [4.78, 5) is 4.37. The van der Waals surface area contributed by atoms with E-state index in [0.717, 1.165) is 33.0 Å². The van der Waals surface area contributed by atoms with E-state index in [1.54, 1.807) is 32.3 Å². The number of nitrogens with zero attached hydrogens (tertiary/aromatic N) is 1. The second-order valence-electron chi connectivity index (χ2n) is 7.78. The van der Waals surface area contributed by atoms with Crippen LogP contribution >= 0.6 is 11.3 Å². The van der Waals surface area contributed by atoms with Gasteiger partial charge in [-0.15, -0.1) is 11.3 Å². The highest BCUT2D eigenvalue weighted by Crippen LogP contribution is 2.49. The molecule has 0 bridgehead atoms. The fourth-order valence-electron chi connectivity index (χ4n) is 3.47. The number of rotatable bonds is 7. The van der Waals surface area contributed by atoms with Crippen molar-refractivity contribution in [2.75, 3.05) is 13.7 Å². The maximum absolute atomic E-state index is 13.9. The maximum atomic E-state index is 13.9. The molecule has 1 unspecified atom stereocenters. The molecule has 1 atom stereocenters. The van der Waals surface area contributed by atoms with Gasteiger partial charge in [0, 0.05) is 22.7 Å². The van der Waals surface area contributed by atoms with Crippen LogP contribution in [-0.2, 0) is 16.8 Å². The molecule has 3 nitrogen and oxygen atoms in total. The van der Waals surface area contributed by atoms with Gasteiger partial charge < -0.3 is 9.47 Å². The summed E-state index contributed by atoms with van der Waals surface area (Å²) in [6, 6.07) is 14.4. The van der Waals surface area contributed by atoms with Crippen molar-refractivity contribution in [2.45, 2.75) is 38.0 Å². The standard InChI is InChI=1S/C23H24FNO2S/c1-22(2,24)11-10-16-4-9-20(26-3)19(14-16)23(15-27-23)18-7-5-17(6-8-18)21-25-12-13-28-21/h4-9,12-14H,10-11,15H2,1-3H3. The quantitative estimate of drug-likeness (QED) is 0.475. The highest BCUT2D eigenvalue weighted by atomic mass is 32.1. The Balaban J connectivity index is 1.65. The van der Waals surface area contributed by atoms with Crippen molar-refractivity contribution in [3.63, 3.8) is 0 Å². The molecule has 1 aliphatic heterocycles. The van der Waals surface area contributed by atoms with Crippen LogP contribution in [0.5, 0.6) is 5.75 Å². The smallest absolute Gasteiger partial charge is 0.145 e. The number of alkyl halides is 1. The van der Waals surface area contributed by atoms with Crippen molar-refractivity contribution in [1.82, 2.24) is 4.98 Å². The van der Waals surface area contributed by atoms with Crippen LogP contribution < -0.4 is 4.74 Å². The minimum atomic E-state index is -1.18. The molecule has 146 valence electrons. The summed E-state index contributed by atoms with van der Waals surface area (Å²) in [6.07, 6.45) is 2.98. The fraction of sp³-hybridized carbons (Fsp3) is 0.348. The molecule has 2 aromatic carbocycles. The minimum absolute atomic E-state index is 0.481. The number of methoxy groups -OCH3 is 1. The zero-order valence-electron chi connectivity index (χ0n) is 16.4. The summed E-state index contributed by atoms with van der Waals surface area (Å²) >= 11 is 1.62. The Bertz CT molecular complexity index is 942. The average Bonchev–Trinajstić information content (AvgIpc) is 3.31. The second-order valence-corrected chi connectivity index (χ2v) is 8.68. The van der Waals surface area contributed by atoms with E-state index >= 15 is 0 Å². The zero-order chi connectivity index (χ0) is 19.8. The highest BCUT2D eigenvalue weighted by molar-refractivity contribution is 7.13. The van der Waals surface area contributed by atoms with Crippen molar-refractivity contribution >= 4 is 11.3 Å². The maximum Gasteiger partial charge on any atom is 0.145 e. The molecule has 2 heterocycles. The number of ether oxygens (including phenoxy) is 2. The predicted molar refractivity (Wildman–Crippen MR) is 111 cm³/mol. The zero-order valence-corrected chi connectivity index (χ0v) is 17.2. The molecule has 3 aromatic rings. The molecule has 4 rings (SSSR count). The number of benzene rings is 2. The molecule has 28 heavy (non-hydrogen) atoms. The van der Waals surface area contributed by atoms with Gasteiger partial charge >= 0.3 is 0 Å². The van der Waals surface area contributed by atoms with Gasteiger partial charge in [-0.25, -0.2) is 9.37 Å². The van der Waals surface area contributed by atoms with Crippen LogP contribution in [-0.4, -0.2) is 24.4 Å². The van der Waals surface area contributed by atoms with E-state index in [1.165, 1.54) is 0 Å². The lowest BCUT2D eigenvalue weighted by Gasteiger charge is -2.19. The molecular weight excluding hydrogens is 373 g/mol. The lowest BCUT2D eigenvalue weighted by atomic mass is 9.88. The molecule has 1 aromatic heterocycles. The summed E-state index contributed by atoms with van der Waals surface area (Å²) in [5, 5.41) is 2.98. The predicted octanol–water partition coefficient (Wildman–Crippen LogP) is 5.77. The monoisotopic (exact) mass is 397 g/mol. The van der Waals surface area contributed by atoms with Crippen LogP contribution in [0.25, 0.3) is 10.6 Å². The first-order chi connectivity index (χ1) is 13.4. The van der Waals surface area contributed by atoms with Gasteiger partial charge in [0.25, 0.3) is 0 Å². The number of hydrogen-bond acceptors (Lipinski definition) is 4. The largest absolute Gasteiger partial charge is 0.496 e. The van der Waals surface area contributed by atoms with E-state index in [4.69, 9.17) is 9.47 Å². The van der Waals surface area contributed by atoms with E-state index in [-0.39, 0.29) is 0 Å². The molecule has 0 radical (unpaired) electrons. The Kier molecular flexibility index (Phi) is 4.98. The number of aryl methyl sites for hydroxylation is 1. The van der Waals surface area contributed by atoms with Gasteiger partial charge in [-0.2, -0.15) is 0 Å². The molecule has 5 heteroatoms. The van der Waals surface area contributed by atoms with Crippen molar-refractivity contribution in [3.8, 4) is 16.3 Å². The van der Waals surface area contributed by atoms with Gasteiger partial charge in [0.2, 0.25) is 0 Å². The summed E-state index contributed by atoms with van der Waals surface area (Å²) in [5.41, 5.74) is 2.62. The third-order valence-electron chi connectivity index (χ3n) is 5.17. The molecule has 0 spiro atoms. The second kappa shape index (κ2) is 7.30. The Morgan fingerprint density at radius 2 is 1.96 bits per heavy atom. The number of aromatic nitrogens is 1. The van der Waals surface area contributed by atoms with Crippen LogP contribution in [0.2, 0.25) is 0 Å². The van der Waals surface area contributed by atoms with Crippen LogP contribution in [0, 0.1) is 0 Å². The molecule has 0 aliphatic carbocycles. The third kappa shape index (κ3) is 3.82. The van der Waals surface area contributed by atoms with Gasteiger partial charge in [-0.1, -0.05) is 30.3 Å². The first-order valence-corrected chi connectivity index (χ1v) is 10.3. The SMILES string of the molecule is COc1ccc(CCC(C)(C)F)cc1C1(c2ccc(-c3nccs3)cc2)CO1. The molecule has 0 N–H and O–H groups in total. The van der Waals surface area contributed by atoms with Crippen LogP contribution in [0.3, 0.4) is 0 Å². The van der Waals surface area contributed by atoms with E-state index < -0.39 is 11.3 Å². The lowest BCUT2D eigenvalue weighted by molar-refractivity contribution is 0.202. The molecule has 0 saturated carbocycles. The Morgan fingerprint density at radius 1 is 1.21 bits per heavy atom. The van der Waals surface area contributed by atoms with Crippen LogP contribution in [0.1, 0.15) is 37.0 Å². The molecule has 1 fully saturated rings. The van der Waals surface area contributed by atoms with Gasteiger partial charge in [0.15, 0.2) is 0 Å². The van der Waals surface area contributed by atoms with E-state index in [2.05, 4.69) is 35.3 Å². The topological polar surface area (TPSA) is 34.6 Å². The summed E-state index contributed by atoms with van der Waals surface area (Å²) in [6.45, 7) is 3.85. The Hall–Kier alpha value is -2.24. The lowest BCUT2D eigenvalue weighted by Crippen LogP contribution is -2.15. The Labute approximate surface area is 169 Å². The number of thiazole rings is 1. The first-order valence-electron chi connectivity index (χ1n) is 9.42. The molecular formula is C23H24FNO2S. The van der Waals surface area contributed by atoms with Crippen molar-refractivity contribution < 1.29 is 13.9 Å². The normalized spacial score (nSPS) is 18.9.